The Morgan fingerprint density at radius 2 is 1.71 bits per heavy atom. The van der Waals surface area contributed by atoms with E-state index in [2.05, 4.69) is 25.7 Å². The standard InChI is InChI=1S/C15H32N2/c1-4-7-14(6-3)17(12-5-2)15-10-8-13(16)9-11-15/h13-15H,4-12,16H2,1-3H3. The van der Waals surface area contributed by atoms with Gasteiger partial charge in [-0.05, 0) is 51.5 Å². The van der Waals surface area contributed by atoms with Crippen molar-refractivity contribution in [1.29, 1.82) is 0 Å². The van der Waals surface area contributed by atoms with Gasteiger partial charge >= 0.3 is 0 Å². The average Bonchev–Trinajstić information content (AvgIpc) is 2.35. The number of hydrogen-bond acceptors (Lipinski definition) is 2. The van der Waals surface area contributed by atoms with Gasteiger partial charge < -0.3 is 5.73 Å². The molecule has 0 bridgehead atoms. The zero-order chi connectivity index (χ0) is 12.7. The maximum absolute atomic E-state index is 6.02. The Bertz CT molecular complexity index is 185. The summed E-state index contributed by atoms with van der Waals surface area (Å²) in [4.78, 5) is 2.80. The highest BCUT2D eigenvalue weighted by molar-refractivity contribution is 4.84. The van der Waals surface area contributed by atoms with Gasteiger partial charge in [0.15, 0.2) is 0 Å². The summed E-state index contributed by atoms with van der Waals surface area (Å²) in [6, 6.07) is 2.09. The summed E-state index contributed by atoms with van der Waals surface area (Å²) >= 11 is 0. The van der Waals surface area contributed by atoms with E-state index in [1.165, 1.54) is 57.9 Å². The predicted octanol–water partition coefficient (Wildman–Crippen LogP) is 3.55. The first kappa shape index (κ1) is 15.0. The smallest absolute Gasteiger partial charge is 0.00993 e. The number of hydrogen-bond donors (Lipinski definition) is 1. The topological polar surface area (TPSA) is 29.3 Å². The maximum Gasteiger partial charge on any atom is 0.00993 e. The molecule has 0 aromatic heterocycles. The van der Waals surface area contributed by atoms with Crippen LogP contribution < -0.4 is 5.73 Å². The summed E-state index contributed by atoms with van der Waals surface area (Å²) in [6.45, 7) is 8.24. The van der Waals surface area contributed by atoms with Crippen molar-refractivity contribution in [3.63, 3.8) is 0 Å². The number of nitrogens with two attached hydrogens (primary N) is 1. The molecule has 1 aliphatic carbocycles. The van der Waals surface area contributed by atoms with E-state index in [0.29, 0.717) is 6.04 Å². The normalized spacial score (nSPS) is 27.4. The van der Waals surface area contributed by atoms with E-state index in [9.17, 15) is 0 Å². The molecule has 0 aliphatic heterocycles. The molecule has 1 saturated carbocycles. The summed E-state index contributed by atoms with van der Waals surface area (Å²) in [5, 5.41) is 0. The van der Waals surface area contributed by atoms with Gasteiger partial charge in [-0.1, -0.05) is 27.2 Å². The van der Waals surface area contributed by atoms with Crippen molar-refractivity contribution in [2.75, 3.05) is 6.54 Å². The van der Waals surface area contributed by atoms with E-state index in [1.807, 2.05) is 0 Å². The van der Waals surface area contributed by atoms with E-state index in [-0.39, 0.29) is 0 Å². The van der Waals surface area contributed by atoms with Crippen LogP contribution in [-0.4, -0.2) is 29.6 Å². The minimum Gasteiger partial charge on any atom is -0.328 e. The van der Waals surface area contributed by atoms with Gasteiger partial charge in [0.05, 0.1) is 0 Å². The Labute approximate surface area is 108 Å². The highest BCUT2D eigenvalue weighted by Gasteiger charge is 2.27. The molecule has 0 radical (unpaired) electrons. The number of nitrogens with zero attached hydrogens (tertiary/aromatic N) is 1. The van der Waals surface area contributed by atoms with E-state index in [0.717, 1.165) is 12.1 Å². The zero-order valence-electron chi connectivity index (χ0n) is 12.1. The quantitative estimate of drug-likeness (QED) is 0.737. The molecule has 1 fully saturated rings. The lowest BCUT2D eigenvalue weighted by atomic mass is 9.89. The highest BCUT2D eigenvalue weighted by Crippen LogP contribution is 2.26. The second-order valence-corrected chi connectivity index (χ2v) is 5.66. The second-order valence-electron chi connectivity index (χ2n) is 5.66. The fourth-order valence-electron chi connectivity index (χ4n) is 3.29. The Morgan fingerprint density at radius 1 is 1.06 bits per heavy atom. The molecule has 1 unspecified atom stereocenters. The van der Waals surface area contributed by atoms with Crippen LogP contribution in [0, 0.1) is 0 Å². The van der Waals surface area contributed by atoms with Crippen molar-refractivity contribution < 1.29 is 0 Å². The lowest BCUT2D eigenvalue weighted by Gasteiger charge is -2.41. The van der Waals surface area contributed by atoms with Crippen LogP contribution in [0.15, 0.2) is 0 Å². The molecule has 2 nitrogen and oxygen atoms in total. The third kappa shape index (κ3) is 4.59. The van der Waals surface area contributed by atoms with Gasteiger partial charge in [-0.15, -0.1) is 0 Å². The Morgan fingerprint density at radius 3 is 2.18 bits per heavy atom. The van der Waals surface area contributed by atoms with Gasteiger partial charge in [0.25, 0.3) is 0 Å². The first-order valence-electron chi connectivity index (χ1n) is 7.74. The van der Waals surface area contributed by atoms with Crippen molar-refractivity contribution >= 4 is 0 Å². The zero-order valence-corrected chi connectivity index (χ0v) is 12.1. The van der Waals surface area contributed by atoms with Crippen LogP contribution in [0.3, 0.4) is 0 Å². The summed E-state index contributed by atoms with van der Waals surface area (Å²) in [6.07, 6.45) is 10.4. The molecular weight excluding hydrogens is 208 g/mol. The number of rotatable bonds is 7. The summed E-state index contributed by atoms with van der Waals surface area (Å²) in [5.74, 6) is 0. The molecule has 102 valence electrons. The molecule has 0 saturated heterocycles. The minimum atomic E-state index is 0.473. The summed E-state index contributed by atoms with van der Waals surface area (Å²) in [5.41, 5.74) is 6.02. The van der Waals surface area contributed by atoms with Crippen LogP contribution in [0.1, 0.15) is 72.1 Å². The highest BCUT2D eigenvalue weighted by atomic mass is 15.2. The largest absolute Gasteiger partial charge is 0.328 e. The van der Waals surface area contributed by atoms with E-state index >= 15 is 0 Å². The summed E-state index contributed by atoms with van der Waals surface area (Å²) in [7, 11) is 0. The van der Waals surface area contributed by atoms with Gasteiger partial charge in [0, 0.05) is 18.1 Å². The van der Waals surface area contributed by atoms with Gasteiger partial charge in [0.1, 0.15) is 0 Å². The first-order valence-corrected chi connectivity index (χ1v) is 7.74. The van der Waals surface area contributed by atoms with Crippen molar-refractivity contribution in [3.05, 3.63) is 0 Å². The monoisotopic (exact) mass is 240 g/mol. The van der Waals surface area contributed by atoms with Gasteiger partial charge in [-0.3, -0.25) is 4.90 Å². The molecule has 0 amide bonds. The van der Waals surface area contributed by atoms with Crippen LogP contribution >= 0.6 is 0 Å². The molecule has 0 spiro atoms. The van der Waals surface area contributed by atoms with Crippen LogP contribution in [0.2, 0.25) is 0 Å². The van der Waals surface area contributed by atoms with E-state index in [1.54, 1.807) is 0 Å². The van der Waals surface area contributed by atoms with Crippen molar-refractivity contribution in [2.24, 2.45) is 5.73 Å². The third-order valence-electron chi connectivity index (χ3n) is 4.25. The lowest BCUT2D eigenvalue weighted by Crippen LogP contribution is -2.46. The molecule has 1 atom stereocenters. The maximum atomic E-state index is 6.02. The molecule has 0 aromatic carbocycles. The van der Waals surface area contributed by atoms with Crippen LogP contribution in [0.25, 0.3) is 0 Å². The van der Waals surface area contributed by atoms with Crippen molar-refractivity contribution in [2.45, 2.75) is 90.3 Å². The average molecular weight is 240 g/mol. The molecular formula is C15H32N2. The van der Waals surface area contributed by atoms with E-state index in [4.69, 9.17) is 5.73 Å². The molecule has 1 aliphatic rings. The predicted molar refractivity (Wildman–Crippen MR) is 76.2 cm³/mol. The Hall–Kier alpha value is -0.0800. The van der Waals surface area contributed by atoms with Crippen molar-refractivity contribution in [1.82, 2.24) is 4.90 Å². The van der Waals surface area contributed by atoms with E-state index < -0.39 is 0 Å². The Balaban J connectivity index is 2.56. The second kappa shape index (κ2) is 8.10. The Kier molecular flexibility index (Phi) is 7.14. The van der Waals surface area contributed by atoms with Gasteiger partial charge in [0.2, 0.25) is 0 Å². The fourth-order valence-corrected chi connectivity index (χ4v) is 3.29. The van der Waals surface area contributed by atoms with Crippen LogP contribution in [0.5, 0.6) is 0 Å². The molecule has 2 N–H and O–H groups in total. The first-order chi connectivity index (χ1) is 8.22. The minimum absolute atomic E-state index is 0.473. The van der Waals surface area contributed by atoms with Crippen LogP contribution in [-0.2, 0) is 0 Å². The van der Waals surface area contributed by atoms with Gasteiger partial charge in [-0.25, -0.2) is 0 Å². The molecule has 17 heavy (non-hydrogen) atoms. The SMILES string of the molecule is CCCC(CC)N(CCC)C1CCC(N)CC1. The summed E-state index contributed by atoms with van der Waals surface area (Å²) < 4.78 is 0. The molecule has 2 heteroatoms. The van der Waals surface area contributed by atoms with Crippen LogP contribution in [0.4, 0.5) is 0 Å². The molecule has 1 rings (SSSR count). The third-order valence-corrected chi connectivity index (χ3v) is 4.25. The fraction of sp³-hybridized carbons (Fsp3) is 1.00. The van der Waals surface area contributed by atoms with Gasteiger partial charge in [-0.2, -0.15) is 0 Å². The molecule has 0 heterocycles. The van der Waals surface area contributed by atoms with Crippen molar-refractivity contribution in [3.8, 4) is 0 Å². The molecule has 0 aromatic rings. The lowest BCUT2D eigenvalue weighted by molar-refractivity contribution is 0.0911.